The molecule has 8 heteroatoms. The number of anilines is 1. The molecule has 4 rings (SSSR count). The lowest BCUT2D eigenvalue weighted by molar-refractivity contribution is -0.119. The van der Waals surface area contributed by atoms with E-state index in [0.29, 0.717) is 18.2 Å². The first-order valence-corrected chi connectivity index (χ1v) is 11.4. The van der Waals surface area contributed by atoms with Crippen molar-refractivity contribution in [3.63, 3.8) is 0 Å². The number of hydrogen-bond donors (Lipinski definition) is 1. The highest BCUT2D eigenvalue weighted by molar-refractivity contribution is 5.73. The van der Waals surface area contributed by atoms with Gasteiger partial charge in [-0.05, 0) is 50.3 Å². The van der Waals surface area contributed by atoms with Crippen LogP contribution in [-0.2, 0) is 4.79 Å². The van der Waals surface area contributed by atoms with Crippen LogP contribution in [-0.4, -0.2) is 48.3 Å². The van der Waals surface area contributed by atoms with E-state index >= 15 is 0 Å². The first-order chi connectivity index (χ1) is 15.5. The van der Waals surface area contributed by atoms with E-state index in [1.165, 1.54) is 19.8 Å². The molecule has 0 radical (unpaired) electrons. The third kappa shape index (κ3) is 5.23. The topological polar surface area (TPSA) is 85.8 Å². The Labute approximate surface area is 189 Å². The summed E-state index contributed by atoms with van der Waals surface area (Å²) in [5.41, 5.74) is 1.04. The lowest BCUT2D eigenvalue weighted by Crippen LogP contribution is -2.26. The highest BCUT2D eigenvalue weighted by Crippen LogP contribution is 2.37. The van der Waals surface area contributed by atoms with E-state index in [1.807, 2.05) is 31.2 Å². The van der Waals surface area contributed by atoms with Gasteiger partial charge in [-0.1, -0.05) is 12.1 Å². The largest absolute Gasteiger partial charge is 0.489 e. The molecule has 2 aliphatic rings. The predicted octanol–water partition coefficient (Wildman–Crippen LogP) is 3.66. The van der Waals surface area contributed by atoms with Gasteiger partial charge in [-0.3, -0.25) is 4.79 Å². The van der Waals surface area contributed by atoms with E-state index in [2.05, 4.69) is 20.2 Å². The number of methoxy groups -OCH3 is 1. The molecular weight excluding hydrogens is 408 g/mol. The Morgan fingerprint density at radius 3 is 2.53 bits per heavy atom. The second-order valence-corrected chi connectivity index (χ2v) is 8.53. The molecule has 0 unspecified atom stereocenters. The molecule has 2 aromatic rings. The van der Waals surface area contributed by atoms with Crippen LogP contribution in [0.5, 0.6) is 17.4 Å². The Bertz CT molecular complexity index is 915. The van der Waals surface area contributed by atoms with Crippen LogP contribution >= 0.6 is 0 Å². The number of nitrogens with zero attached hydrogens (tertiary/aromatic N) is 3. The van der Waals surface area contributed by atoms with Crippen LogP contribution in [0.3, 0.4) is 0 Å². The van der Waals surface area contributed by atoms with Crippen LogP contribution in [0.25, 0.3) is 0 Å². The van der Waals surface area contributed by atoms with Gasteiger partial charge in [0.25, 0.3) is 5.88 Å². The van der Waals surface area contributed by atoms with Crippen LogP contribution in [0, 0.1) is 0 Å². The third-order valence-electron chi connectivity index (χ3n) is 6.08. The predicted molar refractivity (Wildman–Crippen MR) is 121 cm³/mol. The van der Waals surface area contributed by atoms with Crippen molar-refractivity contribution in [1.82, 2.24) is 15.3 Å². The molecule has 0 spiro atoms. The summed E-state index contributed by atoms with van der Waals surface area (Å²) < 4.78 is 18.0. The quantitative estimate of drug-likeness (QED) is 0.670. The van der Waals surface area contributed by atoms with Gasteiger partial charge in [0.2, 0.25) is 11.7 Å². The zero-order valence-corrected chi connectivity index (χ0v) is 19.0. The number of hydrogen-bond acceptors (Lipinski definition) is 7. The van der Waals surface area contributed by atoms with Crippen molar-refractivity contribution in [3.8, 4) is 17.4 Å². The molecular formula is C24H32N4O4. The molecule has 2 atom stereocenters. The number of carbonyl (C=O) groups is 1. The number of carbonyl (C=O) groups excluding carboxylic acids is 1. The van der Waals surface area contributed by atoms with Crippen molar-refractivity contribution in [2.45, 2.75) is 64.2 Å². The fourth-order valence-electron chi connectivity index (χ4n) is 4.43. The van der Waals surface area contributed by atoms with Gasteiger partial charge in [-0.25, -0.2) is 4.98 Å². The minimum Gasteiger partial charge on any atom is -0.489 e. The summed E-state index contributed by atoms with van der Waals surface area (Å²) in [5, 5.41) is 2.89. The van der Waals surface area contributed by atoms with Gasteiger partial charge in [-0.15, -0.1) is 0 Å². The van der Waals surface area contributed by atoms with Crippen molar-refractivity contribution in [3.05, 3.63) is 36.2 Å². The van der Waals surface area contributed by atoms with Gasteiger partial charge >= 0.3 is 0 Å². The molecule has 1 aromatic carbocycles. The lowest BCUT2D eigenvalue weighted by Gasteiger charge is -2.22. The van der Waals surface area contributed by atoms with E-state index in [4.69, 9.17) is 14.2 Å². The molecule has 1 saturated carbocycles. The normalized spacial score (nSPS) is 19.6. The monoisotopic (exact) mass is 440 g/mol. The van der Waals surface area contributed by atoms with Crippen molar-refractivity contribution >= 4 is 11.7 Å². The highest BCUT2D eigenvalue weighted by Gasteiger charge is 2.30. The molecule has 8 nitrogen and oxygen atoms in total. The van der Waals surface area contributed by atoms with Gasteiger partial charge < -0.3 is 24.4 Å². The number of ether oxygens (including phenoxy) is 3. The van der Waals surface area contributed by atoms with Crippen LogP contribution < -0.4 is 24.4 Å². The summed E-state index contributed by atoms with van der Waals surface area (Å²) in [4.78, 5) is 22.2. The van der Waals surface area contributed by atoms with E-state index < -0.39 is 0 Å². The van der Waals surface area contributed by atoms with E-state index in [-0.39, 0.29) is 24.2 Å². The van der Waals surface area contributed by atoms with Crippen molar-refractivity contribution in [1.29, 1.82) is 0 Å². The van der Waals surface area contributed by atoms with Crippen molar-refractivity contribution < 1.29 is 19.0 Å². The third-order valence-corrected chi connectivity index (χ3v) is 6.08. The van der Waals surface area contributed by atoms with Crippen LogP contribution in [0.4, 0.5) is 5.82 Å². The first kappa shape index (κ1) is 22.2. The Hall–Kier alpha value is -3.03. The van der Waals surface area contributed by atoms with E-state index in [1.54, 1.807) is 13.4 Å². The minimum atomic E-state index is -0.0409. The maximum absolute atomic E-state index is 11.3. The van der Waals surface area contributed by atoms with Gasteiger partial charge in [0, 0.05) is 19.9 Å². The smallest absolute Gasteiger partial charge is 0.262 e. The summed E-state index contributed by atoms with van der Waals surface area (Å²) in [6.07, 6.45) is 7.20. The first-order valence-electron chi connectivity index (χ1n) is 11.4. The van der Waals surface area contributed by atoms with Crippen molar-refractivity contribution in [2.24, 2.45) is 0 Å². The highest BCUT2D eigenvalue weighted by atomic mass is 16.5. The molecule has 1 amide bonds. The summed E-state index contributed by atoms with van der Waals surface area (Å²) in [6, 6.07) is 7.85. The summed E-state index contributed by atoms with van der Waals surface area (Å²) >= 11 is 0. The zero-order chi connectivity index (χ0) is 22.5. The number of amides is 1. The number of benzene rings is 1. The lowest BCUT2D eigenvalue weighted by atomic mass is 10.1. The summed E-state index contributed by atoms with van der Waals surface area (Å²) in [5.74, 6) is 2.64. The van der Waals surface area contributed by atoms with Gasteiger partial charge in [0.1, 0.15) is 24.3 Å². The van der Waals surface area contributed by atoms with Gasteiger partial charge in [0.05, 0.1) is 19.7 Å². The molecule has 172 valence electrons. The number of nitrogens with one attached hydrogen (secondary N) is 1. The second-order valence-electron chi connectivity index (χ2n) is 8.53. The fourth-order valence-corrected chi connectivity index (χ4v) is 4.43. The molecule has 32 heavy (non-hydrogen) atoms. The summed E-state index contributed by atoms with van der Waals surface area (Å²) in [7, 11) is 1.64. The average molecular weight is 441 g/mol. The fraction of sp³-hybridized carbons (Fsp3) is 0.542. The molecule has 1 aliphatic heterocycles. The molecule has 2 heterocycles. The molecule has 1 aliphatic carbocycles. The SMILES string of the molecule is COc1c(OC2CCCC2)ncnc1N1CC[C@@H](Oc2ccc([C@H](C)NC(C)=O)cc2)C1. The van der Waals surface area contributed by atoms with Crippen molar-refractivity contribution in [2.75, 3.05) is 25.1 Å². The maximum atomic E-state index is 11.3. The van der Waals surface area contributed by atoms with Crippen LogP contribution in [0.15, 0.2) is 30.6 Å². The van der Waals surface area contributed by atoms with Gasteiger partial charge in [-0.2, -0.15) is 4.98 Å². The Morgan fingerprint density at radius 1 is 1.09 bits per heavy atom. The molecule has 2 fully saturated rings. The Kier molecular flexibility index (Phi) is 6.97. The van der Waals surface area contributed by atoms with E-state index in [9.17, 15) is 4.79 Å². The number of rotatable bonds is 8. The Balaban J connectivity index is 1.38. The molecule has 1 N–H and O–H groups in total. The molecule has 1 aromatic heterocycles. The van der Waals surface area contributed by atoms with Crippen LogP contribution in [0.2, 0.25) is 0 Å². The minimum absolute atomic E-state index is 0.0330. The molecule has 1 saturated heterocycles. The van der Waals surface area contributed by atoms with E-state index in [0.717, 1.165) is 42.9 Å². The van der Waals surface area contributed by atoms with Gasteiger partial charge in [0.15, 0.2) is 5.82 Å². The van der Waals surface area contributed by atoms with Crippen LogP contribution in [0.1, 0.15) is 57.6 Å². The Morgan fingerprint density at radius 2 is 1.84 bits per heavy atom. The molecule has 0 bridgehead atoms. The average Bonchev–Trinajstić information content (AvgIpc) is 3.46. The maximum Gasteiger partial charge on any atom is 0.262 e. The standard InChI is InChI=1S/C24H32N4O4/c1-16(27-17(2)29)18-8-10-20(11-9-18)31-21-12-13-28(14-21)23-22(30-3)24(26-15-25-23)32-19-6-4-5-7-19/h8-11,15-16,19,21H,4-7,12-14H2,1-3H3,(H,27,29)/t16-,21+/m0/s1. The number of aromatic nitrogens is 2. The second kappa shape index (κ2) is 10.1. The zero-order valence-electron chi connectivity index (χ0n) is 19.0. The summed E-state index contributed by atoms with van der Waals surface area (Å²) in [6.45, 7) is 5.01.